The average Bonchev–Trinajstić information content (AvgIpc) is 2.27. The average molecular weight is 242 g/mol. The van der Waals surface area contributed by atoms with Crippen LogP contribution in [0.2, 0.25) is 0 Å². The van der Waals surface area contributed by atoms with E-state index in [9.17, 15) is 4.79 Å². The van der Waals surface area contributed by atoms with Gasteiger partial charge in [-0.2, -0.15) is 0 Å². The van der Waals surface area contributed by atoms with E-state index in [1.165, 1.54) is 0 Å². The van der Waals surface area contributed by atoms with Crippen molar-refractivity contribution in [2.24, 2.45) is 17.6 Å². The van der Waals surface area contributed by atoms with Crippen LogP contribution >= 0.6 is 0 Å². The summed E-state index contributed by atoms with van der Waals surface area (Å²) in [5, 5.41) is 2.92. The Kier molecular flexibility index (Phi) is 5.92. The summed E-state index contributed by atoms with van der Waals surface area (Å²) < 4.78 is 5.38. The summed E-state index contributed by atoms with van der Waals surface area (Å²) in [6.45, 7) is 7.32. The van der Waals surface area contributed by atoms with Crippen molar-refractivity contribution in [2.45, 2.75) is 52.2 Å². The van der Waals surface area contributed by atoms with Crippen LogP contribution < -0.4 is 11.1 Å². The Bertz CT molecular complexity index is 244. The maximum atomic E-state index is 11.9. The van der Waals surface area contributed by atoms with Gasteiger partial charge in [0.15, 0.2) is 0 Å². The van der Waals surface area contributed by atoms with Crippen molar-refractivity contribution in [3.05, 3.63) is 0 Å². The largest absolute Gasteiger partial charge is 0.377 e. The van der Waals surface area contributed by atoms with Crippen LogP contribution in [-0.4, -0.2) is 31.2 Å². The maximum Gasteiger partial charge on any atom is 0.223 e. The van der Waals surface area contributed by atoms with Gasteiger partial charge in [-0.3, -0.25) is 4.79 Å². The highest BCUT2D eigenvalue weighted by Gasteiger charge is 2.29. The van der Waals surface area contributed by atoms with E-state index in [2.05, 4.69) is 12.2 Å². The number of hydrogen-bond donors (Lipinski definition) is 2. The molecule has 1 rings (SSSR count). The molecule has 1 saturated carbocycles. The fourth-order valence-corrected chi connectivity index (χ4v) is 2.21. The molecule has 1 aliphatic rings. The number of rotatable bonds is 5. The topological polar surface area (TPSA) is 64.3 Å². The van der Waals surface area contributed by atoms with Crippen molar-refractivity contribution in [2.75, 3.05) is 13.2 Å². The van der Waals surface area contributed by atoms with Gasteiger partial charge < -0.3 is 15.8 Å². The lowest BCUT2D eigenvalue weighted by atomic mass is 9.79. The Morgan fingerprint density at radius 2 is 2.18 bits per heavy atom. The van der Waals surface area contributed by atoms with Crippen molar-refractivity contribution < 1.29 is 9.53 Å². The molecule has 4 heteroatoms. The van der Waals surface area contributed by atoms with Gasteiger partial charge in [-0.05, 0) is 39.0 Å². The van der Waals surface area contributed by atoms with Crippen molar-refractivity contribution >= 4 is 5.91 Å². The van der Waals surface area contributed by atoms with E-state index in [0.717, 1.165) is 19.3 Å². The molecule has 0 aromatic heterocycles. The molecule has 100 valence electrons. The number of carbonyl (C=O) groups excluding carboxylic acids is 1. The van der Waals surface area contributed by atoms with E-state index in [1.807, 2.05) is 13.8 Å². The Morgan fingerprint density at radius 3 is 2.76 bits per heavy atom. The molecular formula is C13H26N2O2. The molecule has 3 unspecified atom stereocenters. The van der Waals surface area contributed by atoms with Crippen molar-refractivity contribution in [1.29, 1.82) is 0 Å². The molecule has 3 N–H and O–H groups in total. The van der Waals surface area contributed by atoms with Crippen LogP contribution in [0.4, 0.5) is 0 Å². The molecule has 0 bridgehead atoms. The normalized spacial score (nSPS) is 29.4. The molecule has 0 aliphatic heterocycles. The van der Waals surface area contributed by atoms with Gasteiger partial charge in [0.25, 0.3) is 0 Å². The van der Waals surface area contributed by atoms with Gasteiger partial charge in [0.05, 0.1) is 12.7 Å². The molecule has 0 saturated heterocycles. The third kappa shape index (κ3) is 5.04. The van der Waals surface area contributed by atoms with Crippen LogP contribution in [-0.2, 0) is 9.53 Å². The third-order valence-corrected chi connectivity index (χ3v) is 3.48. The summed E-state index contributed by atoms with van der Waals surface area (Å²) in [7, 11) is 0. The Hall–Kier alpha value is -0.610. The van der Waals surface area contributed by atoms with E-state index in [-0.39, 0.29) is 24.0 Å². The minimum absolute atomic E-state index is 0.0975. The fraction of sp³-hybridized carbons (Fsp3) is 0.923. The molecule has 0 heterocycles. The van der Waals surface area contributed by atoms with Crippen LogP contribution in [0.3, 0.4) is 0 Å². The number of hydrogen-bond acceptors (Lipinski definition) is 3. The first kappa shape index (κ1) is 14.5. The third-order valence-electron chi connectivity index (χ3n) is 3.48. The van der Waals surface area contributed by atoms with Gasteiger partial charge in [-0.15, -0.1) is 0 Å². The minimum Gasteiger partial charge on any atom is -0.377 e. The smallest absolute Gasteiger partial charge is 0.223 e. The number of nitrogens with one attached hydrogen (secondary N) is 1. The Morgan fingerprint density at radius 1 is 1.47 bits per heavy atom. The molecule has 3 atom stereocenters. The van der Waals surface area contributed by atoms with E-state index < -0.39 is 0 Å². The zero-order valence-corrected chi connectivity index (χ0v) is 11.2. The molecule has 1 fully saturated rings. The lowest BCUT2D eigenvalue weighted by Crippen LogP contribution is -2.42. The van der Waals surface area contributed by atoms with E-state index in [1.54, 1.807) is 0 Å². The molecule has 0 aromatic carbocycles. The molecule has 0 aromatic rings. The summed E-state index contributed by atoms with van der Waals surface area (Å²) >= 11 is 0. The zero-order valence-electron chi connectivity index (χ0n) is 11.2. The number of amides is 1. The van der Waals surface area contributed by atoms with Crippen molar-refractivity contribution in [3.63, 3.8) is 0 Å². The van der Waals surface area contributed by atoms with E-state index in [0.29, 0.717) is 19.1 Å². The monoisotopic (exact) mass is 242 g/mol. The number of nitrogens with two attached hydrogens (primary N) is 1. The molecule has 17 heavy (non-hydrogen) atoms. The molecule has 0 radical (unpaired) electrons. The van der Waals surface area contributed by atoms with Crippen LogP contribution in [0.1, 0.15) is 40.0 Å². The number of carbonyl (C=O) groups is 1. The predicted molar refractivity (Wildman–Crippen MR) is 68.6 cm³/mol. The summed E-state index contributed by atoms with van der Waals surface area (Å²) in [6, 6.07) is 0.173. The standard InChI is InChI=1S/C13H26N2O2/c1-9(2)17-7-6-15-13(16)11-5-4-10(3)12(14)8-11/h9-12H,4-8,14H2,1-3H3,(H,15,16). The lowest BCUT2D eigenvalue weighted by Gasteiger charge is -2.31. The van der Waals surface area contributed by atoms with Gasteiger partial charge >= 0.3 is 0 Å². The first-order valence-corrected chi connectivity index (χ1v) is 6.65. The van der Waals surface area contributed by atoms with Crippen LogP contribution in [0.5, 0.6) is 0 Å². The molecule has 1 amide bonds. The van der Waals surface area contributed by atoms with Gasteiger partial charge in [0.1, 0.15) is 0 Å². The first-order chi connectivity index (χ1) is 8.00. The van der Waals surface area contributed by atoms with Crippen molar-refractivity contribution in [1.82, 2.24) is 5.32 Å². The SMILES string of the molecule is CC(C)OCCNC(=O)C1CCC(C)C(N)C1. The molecule has 0 spiro atoms. The van der Waals surface area contributed by atoms with Crippen LogP contribution in [0, 0.1) is 11.8 Å². The summed E-state index contributed by atoms with van der Waals surface area (Å²) in [5.74, 6) is 0.781. The second-order valence-corrected chi connectivity index (χ2v) is 5.36. The van der Waals surface area contributed by atoms with Gasteiger partial charge in [-0.25, -0.2) is 0 Å². The Balaban J connectivity index is 2.19. The second kappa shape index (κ2) is 6.97. The summed E-state index contributed by atoms with van der Waals surface area (Å²) in [4.78, 5) is 11.9. The van der Waals surface area contributed by atoms with E-state index in [4.69, 9.17) is 10.5 Å². The van der Waals surface area contributed by atoms with Gasteiger partial charge in [0.2, 0.25) is 5.91 Å². The minimum atomic E-state index is 0.0975. The first-order valence-electron chi connectivity index (χ1n) is 6.65. The summed E-state index contributed by atoms with van der Waals surface area (Å²) in [5.41, 5.74) is 6.00. The highest BCUT2D eigenvalue weighted by Crippen LogP contribution is 2.27. The highest BCUT2D eigenvalue weighted by molar-refractivity contribution is 5.78. The quantitative estimate of drug-likeness (QED) is 0.714. The molecule has 4 nitrogen and oxygen atoms in total. The van der Waals surface area contributed by atoms with Crippen LogP contribution in [0.25, 0.3) is 0 Å². The highest BCUT2D eigenvalue weighted by atomic mass is 16.5. The fourth-order valence-electron chi connectivity index (χ4n) is 2.21. The lowest BCUT2D eigenvalue weighted by molar-refractivity contribution is -0.126. The molecular weight excluding hydrogens is 216 g/mol. The maximum absolute atomic E-state index is 11.9. The summed E-state index contributed by atoms with van der Waals surface area (Å²) in [6.07, 6.45) is 3.06. The zero-order chi connectivity index (χ0) is 12.8. The van der Waals surface area contributed by atoms with E-state index >= 15 is 0 Å². The van der Waals surface area contributed by atoms with Crippen LogP contribution in [0.15, 0.2) is 0 Å². The van der Waals surface area contributed by atoms with Gasteiger partial charge in [0, 0.05) is 18.5 Å². The second-order valence-electron chi connectivity index (χ2n) is 5.36. The predicted octanol–water partition coefficient (Wildman–Crippen LogP) is 1.29. The Labute approximate surface area is 104 Å². The number of ether oxygens (including phenoxy) is 1. The molecule has 1 aliphatic carbocycles. The van der Waals surface area contributed by atoms with Crippen molar-refractivity contribution in [3.8, 4) is 0 Å². The van der Waals surface area contributed by atoms with Gasteiger partial charge in [-0.1, -0.05) is 6.92 Å².